The molecule has 1 aromatic heterocycles. The molecule has 2 aromatic carbocycles. The molecule has 1 amide bonds. The van der Waals surface area contributed by atoms with Crippen molar-refractivity contribution in [3.63, 3.8) is 0 Å². The van der Waals surface area contributed by atoms with Gasteiger partial charge in [-0.1, -0.05) is 12.1 Å². The first-order valence-electron chi connectivity index (χ1n) is 7.50. The molecule has 120 valence electrons. The summed E-state index contributed by atoms with van der Waals surface area (Å²) >= 11 is 0. The van der Waals surface area contributed by atoms with E-state index in [2.05, 4.69) is 21.7 Å². The number of para-hydroxylation sites is 1. The van der Waals surface area contributed by atoms with Crippen LogP contribution in [0.1, 0.15) is 18.4 Å². The van der Waals surface area contributed by atoms with E-state index in [0.29, 0.717) is 22.7 Å². The van der Waals surface area contributed by atoms with Crippen LogP contribution in [0.4, 0.5) is 11.4 Å². The fourth-order valence-electron chi connectivity index (χ4n) is 2.38. The number of oxazole rings is 1. The Labute approximate surface area is 139 Å². The highest BCUT2D eigenvalue weighted by Gasteiger charge is 2.15. The monoisotopic (exact) mass is 320 g/mol. The fraction of sp³-hybridized carbons (Fsp3) is 0.167. The van der Waals surface area contributed by atoms with E-state index in [-0.39, 0.29) is 5.91 Å². The summed E-state index contributed by atoms with van der Waals surface area (Å²) in [5.74, 6) is 0.371. The Kier molecular flexibility index (Phi) is 4.17. The molecule has 24 heavy (non-hydrogen) atoms. The number of fused-ring (bicyclic) bond motifs is 1. The van der Waals surface area contributed by atoms with Gasteiger partial charge in [-0.15, -0.1) is 0 Å². The summed E-state index contributed by atoms with van der Waals surface area (Å²) in [4.78, 5) is 16.6. The van der Waals surface area contributed by atoms with Crippen molar-refractivity contribution in [3.8, 4) is 6.07 Å². The van der Waals surface area contributed by atoms with E-state index in [1.807, 2.05) is 18.2 Å². The minimum Gasteiger partial charge on any atom is -0.441 e. The highest BCUT2D eigenvalue weighted by atomic mass is 16.3. The van der Waals surface area contributed by atoms with Crippen LogP contribution in [0.3, 0.4) is 0 Å². The molecule has 0 aliphatic heterocycles. The highest BCUT2D eigenvalue weighted by Crippen LogP contribution is 2.20. The van der Waals surface area contributed by atoms with Crippen LogP contribution in [-0.4, -0.2) is 16.9 Å². The number of nitrogens with zero attached hydrogens (tertiary/aromatic N) is 2. The van der Waals surface area contributed by atoms with E-state index in [1.165, 1.54) is 0 Å². The van der Waals surface area contributed by atoms with Crippen molar-refractivity contribution in [1.29, 1.82) is 5.26 Å². The number of aromatic nitrogens is 1. The molecule has 0 aliphatic carbocycles. The van der Waals surface area contributed by atoms with Gasteiger partial charge in [-0.2, -0.15) is 5.26 Å². The second-order valence-corrected chi connectivity index (χ2v) is 5.43. The first-order chi connectivity index (χ1) is 11.6. The standard InChI is InChI=1S/C18H16N4O2/c1-11(18(23)22-15-6-4-3-5-13(15)10-19)20-14-7-8-17-16(9-14)21-12(2)24-17/h3-9,11,20H,1-2H3,(H,22,23)/t11-/m0/s1. The average molecular weight is 320 g/mol. The van der Waals surface area contributed by atoms with Crippen molar-refractivity contribution < 1.29 is 9.21 Å². The van der Waals surface area contributed by atoms with Gasteiger partial charge in [-0.05, 0) is 37.3 Å². The number of anilines is 2. The number of nitrogens with one attached hydrogen (secondary N) is 2. The normalized spacial score (nSPS) is 11.7. The van der Waals surface area contributed by atoms with Crippen molar-refractivity contribution in [2.75, 3.05) is 10.6 Å². The third kappa shape index (κ3) is 3.20. The molecule has 3 aromatic rings. The smallest absolute Gasteiger partial charge is 0.246 e. The summed E-state index contributed by atoms with van der Waals surface area (Å²) in [5, 5.41) is 15.0. The number of carbonyl (C=O) groups is 1. The largest absolute Gasteiger partial charge is 0.441 e. The van der Waals surface area contributed by atoms with Gasteiger partial charge < -0.3 is 15.1 Å². The van der Waals surface area contributed by atoms with Crippen LogP contribution in [0, 0.1) is 18.3 Å². The third-order valence-corrected chi connectivity index (χ3v) is 3.58. The molecule has 0 fully saturated rings. The van der Waals surface area contributed by atoms with Gasteiger partial charge in [0.1, 0.15) is 17.6 Å². The lowest BCUT2D eigenvalue weighted by Crippen LogP contribution is -2.32. The van der Waals surface area contributed by atoms with Crippen molar-refractivity contribution in [3.05, 3.63) is 53.9 Å². The zero-order chi connectivity index (χ0) is 17.1. The zero-order valence-electron chi connectivity index (χ0n) is 13.3. The number of aryl methyl sites for hydroxylation is 1. The Bertz CT molecular complexity index is 940. The molecule has 6 heteroatoms. The summed E-state index contributed by atoms with van der Waals surface area (Å²) in [6.07, 6.45) is 0. The summed E-state index contributed by atoms with van der Waals surface area (Å²) in [5.41, 5.74) is 3.14. The predicted octanol–water partition coefficient (Wildman–Crippen LogP) is 3.45. The zero-order valence-corrected chi connectivity index (χ0v) is 13.3. The summed E-state index contributed by atoms with van der Waals surface area (Å²) in [6.45, 7) is 3.54. The summed E-state index contributed by atoms with van der Waals surface area (Å²) in [6, 6.07) is 13.9. The molecule has 0 saturated heterocycles. The number of hydrogen-bond acceptors (Lipinski definition) is 5. The van der Waals surface area contributed by atoms with Gasteiger partial charge in [0.25, 0.3) is 0 Å². The molecule has 0 unspecified atom stereocenters. The molecule has 1 atom stereocenters. The third-order valence-electron chi connectivity index (χ3n) is 3.58. The minimum absolute atomic E-state index is 0.228. The van der Waals surface area contributed by atoms with Crippen molar-refractivity contribution in [2.24, 2.45) is 0 Å². The second-order valence-electron chi connectivity index (χ2n) is 5.43. The van der Waals surface area contributed by atoms with Crippen molar-refractivity contribution >= 4 is 28.4 Å². The van der Waals surface area contributed by atoms with Gasteiger partial charge in [-0.3, -0.25) is 4.79 Å². The molecule has 6 nitrogen and oxygen atoms in total. The van der Waals surface area contributed by atoms with Crippen LogP contribution < -0.4 is 10.6 Å². The van der Waals surface area contributed by atoms with Crippen LogP contribution in [0.15, 0.2) is 46.9 Å². The Morgan fingerprint density at radius 2 is 2.08 bits per heavy atom. The number of nitriles is 1. The maximum Gasteiger partial charge on any atom is 0.246 e. The molecule has 0 bridgehead atoms. The van der Waals surface area contributed by atoms with E-state index in [4.69, 9.17) is 9.68 Å². The van der Waals surface area contributed by atoms with E-state index in [9.17, 15) is 4.79 Å². The molecule has 0 aliphatic rings. The SMILES string of the molecule is Cc1nc2cc(N[C@@H](C)C(=O)Nc3ccccc3C#N)ccc2o1. The summed E-state index contributed by atoms with van der Waals surface area (Å²) in [7, 11) is 0. The molecule has 0 radical (unpaired) electrons. The van der Waals surface area contributed by atoms with E-state index < -0.39 is 6.04 Å². The van der Waals surface area contributed by atoms with Crippen molar-refractivity contribution in [2.45, 2.75) is 19.9 Å². The van der Waals surface area contributed by atoms with Gasteiger partial charge in [-0.25, -0.2) is 4.98 Å². The maximum atomic E-state index is 12.3. The number of carbonyl (C=O) groups excluding carboxylic acids is 1. The van der Waals surface area contributed by atoms with Gasteiger partial charge in [0.15, 0.2) is 11.5 Å². The fourth-order valence-corrected chi connectivity index (χ4v) is 2.38. The van der Waals surface area contributed by atoms with Crippen LogP contribution in [0.2, 0.25) is 0 Å². The van der Waals surface area contributed by atoms with E-state index >= 15 is 0 Å². The lowest BCUT2D eigenvalue weighted by molar-refractivity contribution is -0.116. The number of hydrogen-bond donors (Lipinski definition) is 2. The van der Waals surface area contributed by atoms with Crippen LogP contribution in [-0.2, 0) is 4.79 Å². The molecule has 2 N–H and O–H groups in total. The quantitative estimate of drug-likeness (QED) is 0.768. The minimum atomic E-state index is -0.484. The summed E-state index contributed by atoms with van der Waals surface area (Å²) < 4.78 is 5.43. The Hall–Kier alpha value is -3.33. The number of benzene rings is 2. The predicted molar refractivity (Wildman–Crippen MR) is 91.6 cm³/mol. The number of amides is 1. The molecule has 0 spiro atoms. The van der Waals surface area contributed by atoms with Crippen LogP contribution in [0.25, 0.3) is 11.1 Å². The lowest BCUT2D eigenvalue weighted by atomic mass is 10.2. The van der Waals surface area contributed by atoms with Gasteiger partial charge in [0.05, 0.1) is 11.3 Å². The highest BCUT2D eigenvalue weighted by molar-refractivity contribution is 5.97. The van der Waals surface area contributed by atoms with Crippen molar-refractivity contribution in [1.82, 2.24) is 4.98 Å². The topological polar surface area (TPSA) is 91.0 Å². The van der Waals surface area contributed by atoms with E-state index in [1.54, 1.807) is 38.1 Å². The average Bonchev–Trinajstić information content (AvgIpc) is 2.94. The van der Waals surface area contributed by atoms with Gasteiger partial charge in [0.2, 0.25) is 5.91 Å². The van der Waals surface area contributed by atoms with Gasteiger partial charge >= 0.3 is 0 Å². The van der Waals surface area contributed by atoms with Gasteiger partial charge in [0, 0.05) is 12.6 Å². The first-order valence-corrected chi connectivity index (χ1v) is 7.50. The lowest BCUT2D eigenvalue weighted by Gasteiger charge is -2.15. The Morgan fingerprint density at radius 1 is 1.29 bits per heavy atom. The number of rotatable bonds is 4. The molecule has 3 rings (SSSR count). The molecular formula is C18H16N4O2. The second kappa shape index (κ2) is 6.42. The Morgan fingerprint density at radius 3 is 2.88 bits per heavy atom. The molecule has 1 heterocycles. The maximum absolute atomic E-state index is 12.3. The molecular weight excluding hydrogens is 304 g/mol. The van der Waals surface area contributed by atoms with Crippen LogP contribution in [0.5, 0.6) is 0 Å². The Balaban J connectivity index is 1.72. The van der Waals surface area contributed by atoms with Crippen LogP contribution >= 0.6 is 0 Å². The first kappa shape index (κ1) is 15.6. The molecule has 0 saturated carbocycles. The van der Waals surface area contributed by atoms with E-state index in [0.717, 1.165) is 11.2 Å².